The fraction of sp³-hybridized carbons (Fsp3) is 0.533. The van der Waals surface area contributed by atoms with E-state index < -0.39 is 4.92 Å². The van der Waals surface area contributed by atoms with Crippen molar-refractivity contribution in [2.45, 2.75) is 31.8 Å². The van der Waals surface area contributed by atoms with Crippen LogP contribution in [0.25, 0.3) is 0 Å². The van der Waals surface area contributed by atoms with E-state index in [-0.39, 0.29) is 22.7 Å². The Balaban J connectivity index is 2.15. The summed E-state index contributed by atoms with van der Waals surface area (Å²) in [6.45, 7) is 3.08. The number of nitro groups is 1. The van der Waals surface area contributed by atoms with Crippen molar-refractivity contribution in [3.05, 3.63) is 38.9 Å². The molecule has 0 aromatic heterocycles. The zero-order valence-electron chi connectivity index (χ0n) is 13.0. The molecule has 1 fully saturated rings. The Kier molecular flexibility index (Phi) is 5.03. The monoisotopic (exact) mass is 325 g/mol. The van der Waals surface area contributed by atoms with E-state index in [1.54, 1.807) is 11.9 Å². The van der Waals surface area contributed by atoms with Crippen LogP contribution in [0, 0.1) is 10.1 Å². The molecule has 22 heavy (non-hydrogen) atoms. The largest absolute Gasteiger partial charge is 0.339 e. The summed E-state index contributed by atoms with van der Waals surface area (Å²) in [6.07, 6.45) is 1.82. The number of amides is 1. The molecule has 7 heteroatoms. The lowest BCUT2D eigenvalue weighted by Gasteiger charge is -2.39. The summed E-state index contributed by atoms with van der Waals surface area (Å²) in [5, 5.41) is 10.8. The van der Waals surface area contributed by atoms with Crippen molar-refractivity contribution in [2.24, 2.45) is 0 Å². The highest BCUT2D eigenvalue weighted by Crippen LogP contribution is 2.26. The van der Waals surface area contributed by atoms with Gasteiger partial charge < -0.3 is 9.80 Å². The molecule has 1 aliphatic heterocycles. The van der Waals surface area contributed by atoms with Crippen LogP contribution in [0.2, 0.25) is 5.02 Å². The summed E-state index contributed by atoms with van der Waals surface area (Å²) in [5.74, 6) is -0.193. The number of hydrogen-bond donors (Lipinski definition) is 0. The minimum atomic E-state index is -0.525. The quantitative estimate of drug-likeness (QED) is 0.633. The van der Waals surface area contributed by atoms with E-state index in [2.05, 4.69) is 18.9 Å². The van der Waals surface area contributed by atoms with Crippen LogP contribution in [0.15, 0.2) is 18.2 Å². The van der Waals surface area contributed by atoms with Crippen molar-refractivity contribution in [1.29, 1.82) is 0 Å². The smallest absolute Gasteiger partial charge is 0.270 e. The number of nitro benzene ring substituents is 1. The van der Waals surface area contributed by atoms with Gasteiger partial charge in [-0.15, -0.1) is 0 Å². The highest BCUT2D eigenvalue weighted by molar-refractivity contribution is 6.34. The average Bonchev–Trinajstić information content (AvgIpc) is 2.48. The minimum absolute atomic E-state index is 0.114. The third-order valence-corrected chi connectivity index (χ3v) is 4.76. The molecule has 0 aliphatic carbocycles. The van der Waals surface area contributed by atoms with E-state index in [1.165, 1.54) is 18.2 Å². The molecule has 2 rings (SSSR count). The van der Waals surface area contributed by atoms with Crippen molar-refractivity contribution in [3.63, 3.8) is 0 Å². The number of halogens is 1. The molecular formula is C15H20ClN3O3. The number of likely N-dealkylation sites (tertiary alicyclic amines) is 1. The second-order valence-corrected chi connectivity index (χ2v) is 6.25. The molecule has 0 bridgehead atoms. The van der Waals surface area contributed by atoms with Gasteiger partial charge in [-0.25, -0.2) is 0 Å². The standard InChI is InChI=1S/C15H20ClN3O3/c1-10-8-11(6-7-17(10)2)18(3)15(20)13-5-4-12(19(21)22)9-14(13)16/h4-5,9-11H,6-8H2,1-3H3/t10-,11+/m1/s1. The van der Waals surface area contributed by atoms with Crippen LogP contribution in [0.4, 0.5) is 5.69 Å². The van der Waals surface area contributed by atoms with Crippen LogP contribution in [0.1, 0.15) is 30.1 Å². The van der Waals surface area contributed by atoms with Gasteiger partial charge in [-0.05, 0) is 32.9 Å². The molecule has 0 saturated carbocycles. The molecule has 0 N–H and O–H groups in total. The van der Waals surface area contributed by atoms with E-state index in [9.17, 15) is 14.9 Å². The Morgan fingerprint density at radius 1 is 1.50 bits per heavy atom. The van der Waals surface area contributed by atoms with Crippen LogP contribution in [0.3, 0.4) is 0 Å². The molecule has 1 amide bonds. The molecule has 6 nitrogen and oxygen atoms in total. The maximum Gasteiger partial charge on any atom is 0.270 e. The summed E-state index contributed by atoms with van der Waals surface area (Å²) in [5.41, 5.74) is 0.193. The highest BCUT2D eigenvalue weighted by Gasteiger charge is 2.29. The van der Waals surface area contributed by atoms with Crippen LogP contribution in [-0.2, 0) is 0 Å². The van der Waals surface area contributed by atoms with E-state index in [0.29, 0.717) is 11.6 Å². The Morgan fingerprint density at radius 2 is 2.18 bits per heavy atom. The van der Waals surface area contributed by atoms with E-state index >= 15 is 0 Å². The first kappa shape index (κ1) is 16.7. The molecule has 1 aromatic rings. The van der Waals surface area contributed by atoms with Crippen LogP contribution >= 0.6 is 11.6 Å². The number of hydrogen-bond acceptors (Lipinski definition) is 4. The van der Waals surface area contributed by atoms with Crippen LogP contribution < -0.4 is 0 Å². The van der Waals surface area contributed by atoms with Gasteiger partial charge in [0.05, 0.1) is 15.5 Å². The first-order valence-electron chi connectivity index (χ1n) is 7.22. The Morgan fingerprint density at radius 3 is 2.73 bits per heavy atom. The lowest BCUT2D eigenvalue weighted by Crippen LogP contribution is -2.48. The van der Waals surface area contributed by atoms with Gasteiger partial charge in [0, 0.05) is 37.8 Å². The minimum Gasteiger partial charge on any atom is -0.339 e. The highest BCUT2D eigenvalue weighted by atomic mass is 35.5. The first-order valence-corrected chi connectivity index (χ1v) is 7.60. The Labute approximate surface area is 134 Å². The van der Waals surface area contributed by atoms with Gasteiger partial charge in [-0.3, -0.25) is 14.9 Å². The zero-order chi connectivity index (χ0) is 16.4. The van der Waals surface area contributed by atoms with Crippen molar-refractivity contribution in [3.8, 4) is 0 Å². The molecule has 0 spiro atoms. The van der Waals surface area contributed by atoms with Crippen molar-refractivity contribution >= 4 is 23.2 Å². The summed E-state index contributed by atoms with van der Waals surface area (Å²) >= 11 is 6.04. The van der Waals surface area contributed by atoms with Gasteiger partial charge in [-0.1, -0.05) is 11.6 Å². The summed E-state index contributed by atoms with van der Waals surface area (Å²) < 4.78 is 0. The summed E-state index contributed by atoms with van der Waals surface area (Å²) in [7, 11) is 3.85. The van der Waals surface area contributed by atoms with Gasteiger partial charge in [-0.2, -0.15) is 0 Å². The predicted octanol–water partition coefficient (Wildman–Crippen LogP) is 2.80. The molecule has 2 atom stereocenters. The lowest BCUT2D eigenvalue weighted by atomic mass is 9.97. The number of non-ortho nitro benzene ring substituents is 1. The molecule has 120 valence electrons. The maximum absolute atomic E-state index is 12.6. The third kappa shape index (κ3) is 3.39. The first-order chi connectivity index (χ1) is 10.3. The number of carbonyl (C=O) groups excluding carboxylic acids is 1. The third-order valence-electron chi connectivity index (χ3n) is 4.44. The van der Waals surface area contributed by atoms with Gasteiger partial charge in [0.15, 0.2) is 0 Å². The zero-order valence-corrected chi connectivity index (χ0v) is 13.7. The van der Waals surface area contributed by atoms with E-state index in [0.717, 1.165) is 19.4 Å². The van der Waals surface area contributed by atoms with Crippen molar-refractivity contribution in [1.82, 2.24) is 9.80 Å². The average molecular weight is 326 g/mol. The SMILES string of the molecule is C[C@@H]1C[C@@H](N(C)C(=O)c2ccc([N+](=O)[O-])cc2Cl)CCN1C. The lowest BCUT2D eigenvalue weighted by molar-refractivity contribution is -0.384. The molecule has 1 aromatic carbocycles. The fourth-order valence-electron chi connectivity index (χ4n) is 2.76. The molecule has 1 aliphatic rings. The van der Waals surface area contributed by atoms with Crippen molar-refractivity contribution < 1.29 is 9.72 Å². The molecule has 0 radical (unpaired) electrons. The predicted molar refractivity (Wildman–Crippen MR) is 85.3 cm³/mol. The fourth-order valence-corrected chi connectivity index (χ4v) is 3.02. The molecule has 1 saturated heterocycles. The number of benzene rings is 1. The summed E-state index contributed by atoms with van der Waals surface area (Å²) in [4.78, 5) is 26.8. The number of nitrogens with zero attached hydrogens (tertiary/aromatic N) is 3. The summed E-state index contributed by atoms with van der Waals surface area (Å²) in [6, 6.07) is 4.54. The number of piperidine rings is 1. The Hall–Kier alpha value is -1.66. The van der Waals surface area contributed by atoms with Crippen LogP contribution in [-0.4, -0.2) is 53.4 Å². The Bertz CT molecular complexity index is 593. The van der Waals surface area contributed by atoms with Gasteiger partial charge in [0.1, 0.15) is 0 Å². The van der Waals surface area contributed by atoms with Gasteiger partial charge in [0.2, 0.25) is 0 Å². The normalized spacial score (nSPS) is 22.4. The molecule has 1 heterocycles. The number of rotatable bonds is 3. The van der Waals surface area contributed by atoms with Gasteiger partial charge >= 0.3 is 0 Å². The van der Waals surface area contributed by atoms with E-state index in [1.807, 2.05) is 0 Å². The van der Waals surface area contributed by atoms with E-state index in [4.69, 9.17) is 11.6 Å². The topological polar surface area (TPSA) is 66.7 Å². The number of carbonyl (C=O) groups is 1. The molecule has 0 unspecified atom stereocenters. The van der Waals surface area contributed by atoms with Crippen molar-refractivity contribution in [2.75, 3.05) is 20.6 Å². The van der Waals surface area contributed by atoms with Gasteiger partial charge in [0.25, 0.3) is 11.6 Å². The second kappa shape index (κ2) is 6.62. The second-order valence-electron chi connectivity index (χ2n) is 5.85. The maximum atomic E-state index is 12.6. The molecular weight excluding hydrogens is 306 g/mol. The van der Waals surface area contributed by atoms with Crippen LogP contribution in [0.5, 0.6) is 0 Å².